The lowest BCUT2D eigenvalue weighted by molar-refractivity contribution is -0.148. The van der Waals surface area contributed by atoms with Crippen molar-refractivity contribution in [2.24, 2.45) is 5.92 Å². The number of likely N-dealkylation sites (N-methyl/N-ethyl adjacent to an activating group) is 1. The molecule has 1 fully saturated rings. The first kappa shape index (κ1) is 16.0. The van der Waals surface area contributed by atoms with Crippen molar-refractivity contribution in [1.82, 2.24) is 9.80 Å². The summed E-state index contributed by atoms with van der Waals surface area (Å²) in [4.78, 5) is 27.7. The van der Waals surface area contributed by atoms with Crippen LogP contribution < -0.4 is 0 Å². The zero-order valence-corrected chi connectivity index (χ0v) is 13.0. The van der Waals surface area contributed by atoms with Crippen molar-refractivity contribution in [3.8, 4) is 0 Å². The Kier molecular flexibility index (Phi) is 5.39. The van der Waals surface area contributed by atoms with Crippen molar-refractivity contribution < 1.29 is 14.7 Å². The van der Waals surface area contributed by atoms with Gasteiger partial charge in [-0.05, 0) is 51.5 Å². The standard InChI is InChI=1S/C16H26N2O3/c1-3-18(13-8-4-5-9-13)14(19)11-17-10-6-7-12(2)15(17)16(20)21/h8,12,15H,3-7,9-11H2,1-2H3,(H,20,21). The van der Waals surface area contributed by atoms with Gasteiger partial charge >= 0.3 is 5.97 Å². The van der Waals surface area contributed by atoms with Gasteiger partial charge in [0.05, 0.1) is 6.54 Å². The molecule has 2 unspecified atom stereocenters. The summed E-state index contributed by atoms with van der Waals surface area (Å²) in [6.45, 7) is 5.51. The molecule has 1 heterocycles. The molecule has 5 nitrogen and oxygen atoms in total. The number of hydrogen-bond acceptors (Lipinski definition) is 3. The van der Waals surface area contributed by atoms with Gasteiger partial charge in [-0.2, -0.15) is 0 Å². The van der Waals surface area contributed by atoms with Gasteiger partial charge in [0.1, 0.15) is 6.04 Å². The highest BCUT2D eigenvalue weighted by molar-refractivity contribution is 5.81. The lowest BCUT2D eigenvalue weighted by atomic mass is 9.91. The van der Waals surface area contributed by atoms with Gasteiger partial charge in [-0.15, -0.1) is 0 Å². The maximum Gasteiger partial charge on any atom is 0.321 e. The quantitative estimate of drug-likeness (QED) is 0.843. The van der Waals surface area contributed by atoms with E-state index in [0.29, 0.717) is 13.1 Å². The third-order valence-electron chi connectivity index (χ3n) is 4.61. The number of allylic oxidation sites excluding steroid dienone is 2. The van der Waals surface area contributed by atoms with Gasteiger partial charge in [0.15, 0.2) is 0 Å². The van der Waals surface area contributed by atoms with E-state index in [1.165, 1.54) is 0 Å². The molecule has 0 saturated carbocycles. The van der Waals surface area contributed by atoms with Crippen LogP contribution >= 0.6 is 0 Å². The number of nitrogens with zero attached hydrogens (tertiary/aromatic N) is 2. The second-order valence-electron chi connectivity index (χ2n) is 6.10. The van der Waals surface area contributed by atoms with Gasteiger partial charge < -0.3 is 10.0 Å². The van der Waals surface area contributed by atoms with E-state index < -0.39 is 12.0 Å². The van der Waals surface area contributed by atoms with Crippen LogP contribution in [0.2, 0.25) is 0 Å². The average molecular weight is 294 g/mol. The molecule has 0 aromatic heterocycles. The number of likely N-dealkylation sites (tertiary alicyclic amines) is 1. The molecule has 0 aromatic rings. The van der Waals surface area contributed by atoms with Crippen LogP contribution in [0.25, 0.3) is 0 Å². The van der Waals surface area contributed by atoms with Crippen LogP contribution in [0.4, 0.5) is 0 Å². The Balaban J connectivity index is 2.04. The number of carboxylic acids is 1. The smallest absolute Gasteiger partial charge is 0.321 e. The Hall–Kier alpha value is -1.36. The lowest BCUT2D eigenvalue weighted by Crippen LogP contribution is -2.52. The molecule has 1 amide bonds. The Bertz CT molecular complexity index is 433. The number of amides is 1. The lowest BCUT2D eigenvalue weighted by Gasteiger charge is -2.37. The Morgan fingerprint density at radius 1 is 1.43 bits per heavy atom. The molecule has 0 aromatic carbocycles. The van der Waals surface area contributed by atoms with Crippen LogP contribution in [0.15, 0.2) is 11.8 Å². The van der Waals surface area contributed by atoms with E-state index >= 15 is 0 Å². The van der Waals surface area contributed by atoms with Gasteiger partial charge in [0.2, 0.25) is 5.91 Å². The number of rotatable bonds is 5. The van der Waals surface area contributed by atoms with Gasteiger partial charge in [0, 0.05) is 12.2 Å². The number of carboxylic acid groups (broad SMARTS) is 1. The summed E-state index contributed by atoms with van der Waals surface area (Å²) < 4.78 is 0. The fraction of sp³-hybridized carbons (Fsp3) is 0.750. The van der Waals surface area contributed by atoms with Crippen LogP contribution in [0.1, 0.15) is 46.0 Å². The summed E-state index contributed by atoms with van der Waals surface area (Å²) in [5, 5.41) is 9.42. The zero-order valence-electron chi connectivity index (χ0n) is 13.0. The summed E-state index contributed by atoms with van der Waals surface area (Å²) in [7, 11) is 0. The highest BCUT2D eigenvalue weighted by Crippen LogP contribution is 2.25. The second kappa shape index (κ2) is 7.07. The van der Waals surface area contributed by atoms with Crippen molar-refractivity contribution in [1.29, 1.82) is 0 Å². The molecule has 1 saturated heterocycles. The molecular formula is C16H26N2O3. The third-order valence-corrected chi connectivity index (χ3v) is 4.61. The highest BCUT2D eigenvalue weighted by Gasteiger charge is 2.36. The van der Waals surface area contributed by atoms with E-state index in [2.05, 4.69) is 6.08 Å². The monoisotopic (exact) mass is 294 g/mol. The number of aliphatic carboxylic acids is 1. The maximum atomic E-state index is 12.6. The SMILES string of the molecule is CCN(C(=O)CN1CCCC(C)C1C(=O)O)C1=CCCC1. The van der Waals surface area contributed by atoms with Crippen molar-refractivity contribution >= 4 is 11.9 Å². The molecule has 0 radical (unpaired) electrons. The summed E-state index contributed by atoms with van der Waals surface area (Å²) in [5.74, 6) is -0.672. The second-order valence-corrected chi connectivity index (χ2v) is 6.10. The van der Waals surface area contributed by atoms with Crippen molar-refractivity contribution in [3.05, 3.63) is 11.8 Å². The minimum atomic E-state index is -0.807. The first-order valence-electron chi connectivity index (χ1n) is 8.00. The van der Waals surface area contributed by atoms with Crippen LogP contribution in [0.3, 0.4) is 0 Å². The molecule has 1 aliphatic heterocycles. The normalized spacial score (nSPS) is 26.5. The molecule has 1 aliphatic carbocycles. The predicted molar refractivity (Wildman–Crippen MR) is 80.7 cm³/mol. The average Bonchev–Trinajstić information content (AvgIpc) is 2.93. The molecule has 1 N–H and O–H groups in total. The van der Waals surface area contributed by atoms with Crippen molar-refractivity contribution in [2.75, 3.05) is 19.6 Å². The minimum absolute atomic E-state index is 0.0333. The number of piperidine rings is 1. The van der Waals surface area contributed by atoms with E-state index in [-0.39, 0.29) is 18.4 Å². The maximum absolute atomic E-state index is 12.6. The van der Waals surface area contributed by atoms with Crippen LogP contribution in [0, 0.1) is 5.92 Å². The van der Waals surface area contributed by atoms with Crippen LogP contribution in [-0.2, 0) is 9.59 Å². The summed E-state index contributed by atoms with van der Waals surface area (Å²) in [6.07, 6.45) is 7.12. The predicted octanol–water partition coefficient (Wildman–Crippen LogP) is 2.09. The summed E-state index contributed by atoms with van der Waals surface area (Å²) in [6, 6.07) is -0.529. The van der Waals surface area contributed by atoms with Gasteiger partial charge in [-0.3, -0.25) is 14.5 Å². The molecular weight excluding hydrogens is 268 g/mol. The van der Waals surface area contributed by atoms with E-state index in [0.717, 1.165) is 37.8 Å². The van der Waals surface area contributed by atoms with Crippen LogP contribution in [-0.4, -0.2) is 52.5 Å². The topological polar surface area (TPSA) is 60.9 Å². The molecule has 21 heavy (non-hydrogen) atoms. The fourth-order valence-electron chi connectivity index (χ4n) is 3.55. The first-order chi connectivity index (χ1) is 10.0. The fourth-order valence-corrected chi connectivity index (χ4v) is 3.55. The molecule has 0 spiro atoms. The Morgan fingerprint density at radius 3 is 2.76 bits per heavy atom. The number of hydrogen-bond donors (Lipinski definition) is 1. The molecule has 2 rings (SSSR count). The first-order valence-corrected chi connectivity index (χ1v) is 8.00. The highest BCUT2D eigenvalue weighted by atomic mass is 16.4. The van der Waals surface area contributed by atoms with E-state index in [9.17, 15) is 14.7 Å². The van der Waals surface area contributed by atoms with Gasteiger partial charge in [0.25, 0.3) is 0 Å². The molecule has 0 bridgehead atoms. The third kappa shape index (κ3) is 3.64. The Labute approximate surface area is 126 Å². The van der Waals surface area contributed by atoms with Gasteiger partial charge in [-0.25, -0.2) is 0 Å². The Morgan fingerprint density at radius 2 is 2.19 bits per heavy atom. The molecule has 2 aliphatic rings. The minimum Gasteiger partial charge on any atom is -0.480 e. The molecule has 118 valence electrons. The molecule has 2 atom stereocenters. The van der Waals surface area contributed by atoms with Crippen molar-refractivity contribution in [2.45, 2.75) is 52.0 Å². The zero-order chi connectivity index (χ0) is 15.4. The number of carbonyl (C=O) groups excluding carboxylic acids is 1. The number of carbonyl (C=O) groups is 2. The largest absolute Gasteiger partial charge is 0.480 e. The van der Waals surface area contributed by atoms with Gasteiger partial charge in [-0.1, -0.05) is 13.0 Å². The molecule has 5 heteroatoms. The summed E-state index contributed by atoms with van der Waals surface area (Å²) in [5.41, 5.74) is 1.11. The van der Waals surface area contributed by atoms with Crippen molar-refractivity contribution in [3.63, 3.8) is 0 Å². The van der Waals surface area contributed by atoms with Crippen LogP contribution in [0.5, 0.6) is 0 Å². The summed E-state index contributed by atoms with van der Waals surface area (Å²) >= 11 is 0. The van der Waals surface area contributed by atoms with E-state index in [1.54, 1.807) is 0 Å². The van der Waals surface area contributed by atoms with E-state index in [1.807, 2.05) is 23.6 Å². The van der Waals surface area contributed by atoms with E-state index in [4.69, 9.17) is 0 Å².